The molecule has 172 valence electrons. The van der Waals surface area contributed by atoms with Crippen molar-refractivity contribution in [3.63, 3.8) is 0 Å². The minimum Gasteiger partial charge on any atom is -0.350 e. The highest BCUT2D eigenvalue weighted by atomic mass is 35.5. The third-order valence-corrected chi connectivity index (χ3v) is 5.98. The predicted molar refractivity (Wildman–Crippen MR) is 127 cm³/mol. The van der Waals surface area contributed by atoms with Crippen molar-refractivity contribution in [3.05, 3.63) is 58.6 Å². The molecule has 0 radical (unpaired) electrons. The molecule has 1 saturated heterocycles. The van der Waals surface area contributed by atoms with Crippen LogP contribution in [0.25, 0.3) is 0 Å². The van der Waals surface area contributed by atoms with E-state index in [1.165, 1.54) is 25.1 Å². The van der Waals surface area contributed by atoms with Crippen molar-refractivity contribution >= 4 is 44.8 Å². The van der Waals surface area contributed by atoms with E-state index >= 15 is 0 Å². The molecule has 1 aliphatic heterocycles. The topological polar surface area (TPSA) is 108 Å². The second-order valence-corrected chi connectivity index (χ2v) is 10.0. The van der Waals surface area contributed by atoms with Crippen LogP contribution in [0.15, 0.2) is 42.5 Å². The van der Waals surface area contributed by atoms with Crippen LogP contribution in [0.5, 0.6) is 0 Å². The number of halogens is 1. The number of carbonyl (C=O) groups excluding carboxylic acids is 2. The molecule has 0 bridgehead atoms. The van der Waals surface area contributed by atoms with Crippen molar-refractivity contribution in [2.45, 2.75) is 25.8 Å². The van der Waals surface area contributed by atoms with Crippen molar-refractivity contribution in [1.29, 1.82) is 0 Å². The molecule has 3 rings (SSSR count). The van der Waals surface area contributed by atoms with Gasteiger partial charge >= 0.3 is 0 Å². The maximum absolute atomic E-state index is 13.1. The minimum atomic E-state index is -3.60. The van der Waals surface area contributed by atoms with Crippen LogP contribution >= 0.6 is 11.6 Å². The summed E-state index contributed by atoms with van der Waals surface area (Å²) in [6.45, 7) is 3.52. The fourth-order valence-electron chi connectivity index (χ4n) is 3.81. The number of hydrogen-bond acceptors (Lipinski definition) is 5. The fraction of sp³-hybridized carbons (Fsp3) is 0.364. The van der Waals surface area contributed by atoms with Crippen LogP contribution in [-0.4, -0.2) is 51.0 Å². The Morgan fingerprint density at radius 2 is 1.84 bits per heavy atom. The van der Waals surface area contributed by atoms with Crippen LogP contribution in [0.1, 0.15) is 41.7 Å². The molecule has 2 aromatic carbocycles. The number of hydrogen-bond donors (Lipinski definition) is 3. The number of nitrogens with one attached hydrogen (secondary N) is 3. The Labute approximate surface area is 193 Å². The summed E-state index contributed by atoms with van der Waals surface area (Å²) < 4.78 is 25.9. The van der Waals surface area contributed by atoms with Gasteiger partial charge in [0.25, 0.3) is 5.91 Å². The van der Waals surface area contributed by atoms with Gasteiger partial charge in [-0.1, -0.05) is 23.7 Å². The van der Waals surface area contributed by atoms with Crippen molar-refractivity contribution in [3.8, 4) is 0 Å². The molecule has 8 nitrogen and oxygen atoms in total. The molecule has 0 aromatic heterocycles. The number of sulfonamides is 1. The number of anilines is 2. The Balaban J connectivity index is 1.85. The lowest BCUT2D eigenvalue weighted by Gasteiger charge is -2.28. The molecule has 0 aliphatic carbocycles. The highest BCUT2D eigenvalue weighted by Gasteiger charge is 2.25. The first-order chi connectivity index (χ1) is 15.1. The highest BCUT2D eigenvalue weighted by Crippen LogP contribution is 2.27. The van der Waals surface area contributed by atoms with Crippen LogP contribution in [0.3, 0.4) is 0 Å². The van der Waals surface area contributed by atoms with Gasteiger partial charge in [0.2, 0.25) is 15.9 Å². The zero-order valence-electron chi connectivity index (χ0n) is 18.0. The molecule has 1 fully saturated rings. The SMILES string of the molecule is CC(=O)Nc1ccc(NS(C)(=O)=O)c(C(=O)NCC(c2cccc(Cl)c2)N2CCCC2)c1. The lowest BCUT2D eigenvalue weighted by Crippen LogP contribution is -2.37. The monoisotopic (exact) mass is 478 g/mol. The molecular formula is C22H27ClN4O4S. The van der Waals surface area contributed by atoms with Gasteiger partial charge in [-0.25, -0.2) is 8.42 Å². The zero-order chi connectivity index (χ0) is 23.3. The maximum Gasteiger partial charge on any atom is 0.253 e. The Morgan fingerprint density at radius 1 is 1.12 bits per heavy atom. The van der Waals surface area contributed by atoms with Crippen molar-refractivity contribution in [2.75, 3.05) is 35.9 Å². The van der Waals surface area contributed by atoms with E-state index in [0.29, 0.717) is 17.3 Å². The highest BCUT2D eigenvalue weighted by molar-refractivity contribution is 7.92. The van der Waals surface area contributed by atoms with Crippen molar-refractivity contribution < 1.29 is 18.0 Å². The zero-order valence-corrected chi connectivity index (χ0v) is 19.6. The van der Waals surface area contributed by atoms with Crippen LogP contribution < -0.4 is 15.4 Å². The predicted octanol–water partition coefficient (Wildman–Crippen LogP) is 3.24. The summed E-state index contributed by atoms with van der Waals surface area (Å²) in [5.41, 5.74) is 1.65. The lowest BCUT2D eigenvalue weighted by atomic mass is 10.0. The first kappa shape index (κ1) is 24.0. The summed E-state index contributed by atoms with van der Waals surface area (Å²) in [4.78, 5) is 26.8. The summed E-state index contributed by atoms with van der Waals surface area (Å²) in [6, 6.07) is 11.9. The van der Waals surface area contributed by atoms with E-state index in [0.717, 1.165) is 37.8 Å². The van der Waals surface area contributed by atoms with Gasteiger partial charge in [-0.15, -0.1) is 0 Å². The molecule has 3 N–H and O–H groups in total. The quantitative estimate of drug-likeness (QED) is 0.540. The average Bonchev–Trinajstić information content (AvgIpc) is 3.22. The van der Waals surface area contributed by atoms with Gasteiger partial charge in [-0.2, -0.15) is 0 Å². The van der Waals surface area contributed by atoms with Gasteiger partial charge in [0.15, 0.2) is 0 Å². The number of nitrogens with zero attached hydrogens (tertiary/aromatic N) is 1. The van der Waals surface area contributed by atoms with E-state index in [1.807, 2.05) is 18.2 Å². The van der Waals surface area contributed by atoms with E-state index in [-0.39, 0.29) is 23.2 Å². The Bertz CT molecular complexity index is 1100. The number of amides is 2. The first-order valence-corrected chi connectivity index (χ1v) is 12.6. The van der Waals surface area contributed by atoms with Gasteiger partial charge in [-0.3, -0.25) is 19.2 Å². The van der Waals surface area contributed by atoms with Gasteiger partial charge < -0.3 is 10.6 Å². The Hall–Kier alpha value is -2.62. The van der Waals surface area contributed by atoms with Gasteiger partial charge in [0.1, 0.15) is 0 Å². The molecule has 2 aromatic rings. The first-order valence-electron chi connectivity index (χ1n) is 10.3. The van der Waals surface area contributed by atoms with Crippen LogP contribution in [0.2, 0.25) is 5.02 Å². The molecular weight excluding hydrogens is 452 g/mol. The summed E-state index contributed by atoms with van der Waals surface area (Å²) in [5, 5.41) is 6.17. The van der Waals surface area contributed by atoms with E-state index in [9.17, 15) is 18.0 Å². The number of likely N-dealkylation sites (tertiary alicyclic amines) is 1. The van der Waals surface area contributed by atoms with Gasteiger partial charge in [-0.05, 0) is 61.8 Å². The Kier molecular flexibility index (Phi) is 7.76. The summed E-state index contributed by atoms with van der Waals surface area (Å²) >= 11 is 6.19. The molecule has 0 saturated carbocycles. The number of rotatable bonds is 8. The lowest BCUT2D eigenvalue weighted by molar-refractivity contribution is -0.114. The molecule has 1 atom stereocenters. The third kappa shape index (κ3) is 6.69. The second-order valence-electron chi connectivity index (χ2n) is 7.84. The number of carbonyl (C=O) groups is 2. The fourth-order valence-corrected chi connectivity index (χ4v) is 4.59. The van der Waals surface area contributed by atoms with Gasteiger partial charge in [0, 0.05) is 24.2 Å². The van der Waals surface area contributed by atoms with E-state index < -0.39 is 15.9 Å². The van der Waals surface area contributed by atoms with Crippen LogP contribution in [0.4, 0.5) is 11.4 Å². The van der Waals surface area contributed by atoms with Crippen LogP contribution in [-0.2, 0) is 14.8 Å². The normalized spacial score (nSPS) is 15.2. The second kappa shape index (κ2) is 10.3. The maximum atomic E-state index is 13.1. The van der Waals surface area contributed by atoms with Crippen molar-refractivity contribution in [1.82, 2.24) is 10.2 Å². The van der Waals surface area contributed by atoms with Crippen molar-refractivity contribution in [2.24, 2.45) is 0 Å². The van der Waals surface area contributed by atoms with E-state index in [1.54, 1.807) is 6.07 Å². The molecule has 0 spiro atoms. The minimum absolute atomic E-state index is 0.0648. The van der Waals surface area contributed by atoms with Crippen LogP contribution in [0, 0.1) is 0 Å². The molecule has 2 amide bonds. The molecule has 1 heterocycles. The molecule has 1 unspecified atom stereocenters. The Morgan fingerprint density at radius 3 is 2.47 bits per heavy atom. The third-order valence-electron chi connectivity index (χ3n) is 5.15. The molecule has 1 aliphatic rings. The summed E-state index contributed by atoms with van der Waals surface area (Å²) in [5.74, 6) is -0.746. The summed E-state index contributed by atoms with van der Waals surface area (Å²) in [7, 11) is -3.60. The van der Waals surface area contributed by atoms with E-state index in [2.05, 4.69) is 20.3 Å². The standard InChI is InChI=1S/C22H27ClN4O4S/c1-15(28)25-18-8-9-20(26-32(2,30)31)19(13-18)22(29)24-14-21(27-10-3-4-11-27)16-6-5-7-17(23)12-16/h5-9,12-13,21,26H,3-4,10-11,14H2,1-2H3,(H,24,29)(H,25,28). The average molecular weight is 479 g/mol. The largest absolute Gasteiger partial charge is 0.350 e. The van der Waals surface area contributed by atoms with E-state index in [4.69, 9.17) is 11.6 Å². The van der Waals surface area contributed by atoms with Gasteiger partial charge in [0.05, 0.1) is 23.5 Å². The smallest absolute Gasteiger partial charge is 0.253 e. The molecule has 10 heteroatoms. The summed E-state index contributed by atoms with van der Waals surface area (Å²) in [6.07, 6.45) is 3.19. The molecule has 32 heavy (non-hydrogen) atoms. The number of benzene rings is 2.